The van der Waals surface area contributed by atoms with Crippen LogP contribution in [-0.4, -0.2) is 5.11 Å². The zero-order chi connectivity index (χ0) is 11.4. The van der Waals surface area contributed by atoms with Crippen molar-refractivity contribution in [3.8, 4) is 5.75 Å². The predicted molar refractivity (Wildman–Crippen MR) is 67.7 cm³/mol. The molecule has 0 aliphatic rings. The summed E-state index contributed by atoms with van der Waals surface area (Å²) in [6.45, 7) is 3.68. The van der Waals surface area contributed by atoms with E-state index in [9.17, 15) is 5.11 Å². The van der Waals surface area contributed by atoms with E-state index in [-0.39, 0.29) is 0 Å². The van der Waals surface area contributed by atoms with Crippen LogP contribution in [-0.2, 0) is 13.1 Å². The molecule has 2 aromatic rings. The molecule has 0 aliphatic heterocycles. The molecule has 0 atom stereocenters. The maximum absolute atomic E-state index is 9.58. The molecule has 84 valence electrons. The largest absolute Gasteiger partial charge is 0.508 e. The average molecular weight is 233 g/mol. The molecule has 1 aromatic carbocycles. The van der Waals surface area contributed by atoms with E-state index >= 15 is 0 Å². The van der Waals surface area contributed by atoms with Crippen molar-refractivity contribution in [3.05, 3.63) is 51.7 Å². The Hall–Kier alpha value is -1.32. The first-order valence-electron chi connectivity index (χ1n) is 5.28. The summed E-state index contributed by atoms with van der Waals surface area (Å²) in [5.74, 6) is 0.359. The SMILES string of the molecule is Cc1ccsc1CNCc1ccccc1O. The Labute approximate surface area is 99.6 Å². The van der Waals surface area contributed by atoms with Crippen LogP contribution >= 0.6 is 11.3 Å². The van der Waals surface area contributed by atoms with Gasteiger partial charge in [0.15, 0.2) is 0 Å². The predicted octanol–water partition coefficient (Wildman–Crippen LogP) is 3.05. The molecule has 1 aromatic heterocycles. The Kier molecular flexibility index (Phi) is 3.59. The molecule has 2 rings (SSSR count). The molecule has 2 nitrogen and oxygen atoms in total. The molecule has 1 heterocycles. The van der Waals surface area contributed by atoms with Crippen LogP contribution in [0.2, 0.25) is 0 Å². The maximum Gasteiger partial charge on any atom is 0.120 e. The summed E-state index contributed by atoms with van der Waals surface area (Å²) in [5.41, 5.74) is 2.27. The van der Waals surface area contributed by atoms with Crippen LogP contribution in [0.3, 0.4) is 0 Å². The third-order valence-corrected chi connectivity index (χ3v) is 3.58. The van der Waals surface area contributed by atoms with Crippen molar-refractivity contribution in [2.24, 2.45) is 0 Å². The van der Waals surface area contributed by atoms with Gasteiger partial charge in [-0.15, -0.1) is 11.3 Å². The van der Waals surface area contributed by atoms with Crippen molar-refractivity contribution in [2.45, 2.75) is 20.0 Å². The molecular formula is C13H15NOS. The van der Waals surface area contributed by atoms with E-state index in [1.165, 1.54) is 10.4 Å². The lowest BCUT2D eigenvalue weighted by molar-refractivity contribution is 0.464. The third-order valence-electron chi connectivity index (χ3n) is 2.56. The van der Waals surface area contributed by atoms with Gasteiger partial charge in [-0.2, -0.15) is 0 Å². The van der Waals surface area contributed by atoms with Crippen LogP contribution in [0.4, 0.5) is 0 Å². The molecule has 0 unspecified atom stereocenters. The summed E-state index contributed by atoms with van der Waals surface area (Å²) in [6.07, 6.45) is 0. The zero-order valence-corrected chi connectivity index (χ0v) is 10.1. The van der Waals surface area contributed by atoms with Crippen molar-refractivity contribution in [3.63, 3.8) is 0 Å². The molecule has 16 heavy (non-hydrogen) atoms. The molecule has 0 aliphatic carbocycles. The lowest BCUT2D eigenvalue weighted by Gasteiger charge is -2.06. The molecule has 0 spiro atoms. The molecular weight excluding hydrogens is 218 g/mol. The highest BCUT2D eigenvalue weighted by Gasteiger charge is 2.01. The van der Waals surface area contributed by atoms with Gasteiger partial charge in [0.1, 0.15) is 5.75 Å². The van der Waals surface area contributed by atoms with Gasteiger partial charge in [-0.3, -0.25) is 0 Å². The van der Waals surface area contributed by atoms with Gasteiger partial charge in [0.25, 0.3) is 0 Å². The summed E-state index contributed by atoms with van der Waals surface area (Å²) < 4.78 is 0. The number of aromatic hydroxyl groups is 1. The van der Waals surface area contributed by atoms with Crippen LogP contribution in [0.5, 0.6) is 5.75 Å². The fourth-order valence-corrected chi connectivity index (χ4v) is 2.43. The standard InChI is InChI=1S/C13H15NOS/c1-10-6-7-16-13(10)9-14-8-11-4-2-3-5-12(11)15/h2-7,14-15H,8-9H2,1H3. The molecule has 0 saturated heterocycles. The number of rotatable bonds is 4. The third kappa shape index (κ3) is 2.62. The van der Waals surface area contributed by atoms with Gasteiger partial charge in [-0.05, 0) is 30.0 Å². The molecule has 0 bridgehead atoms. The summed E-state index contributed by atoms with van der Waals surface area (Å²) in [7, 11) is 0. The molecule has 0 fully saturated rings. The minimum Gasteiger partial charge on any atom is -0.508 e. The normalized spacial score (nSPS) is 10.6. The van der Waals surface area contributed by atoms with E-state index < -0.39 is 0 Å². The van der Waals surface area contributed by atoms with Gasteiger partial charge >= 0.3 is 0 Å². The minimum absolute atomic E-state index is 0.359. The van der Waals surface area contributed by atoms with E-state index in [1.807, 2.05) is 18.2 Å². The zero-order valence-electron chi connectivity index (χ0n) is 9.23. The number of benzene rings is 1. The molecule has 2 N–H and O–H groups in total. The quantitative estimate of drug-likeness (QED) is 0.850. The Bertz CT molecular complexity index is 464. The van der Waals surface area contributed by atoms with Crippen LogP contribution in [0.15, 0.2) is 35.7 Å². The van der Waals surface area contributed by atoms with E-state index in [0.717, 1.165) is 12.1 Å². The number of thiophene rings is 1. The number of phenols is 1. The molecule has 3 heteroatoms. The fourth-order valence-electron chi connectivity index (χ4n) is 1.56. The van der Waals surface area contributed by atoms with E-state index in [1.54, 1.807) is 17.4 Å². The van der Waals surface area contributed by atoms with Gasteiger partial charge in [0.05, 0.1) is 0 Å². The maximum atomic E-state index is 9.58. The summed E-state index contributed by atoms with van der Waals surface area (Å²) in [6, 6.07) is 9.55. The number of hydrogen-bond donors (Lipinski definition) is 2. The number of nitrogens with one attached hydrogen (secondary N) is 1. The highest BCUT2D eigenvalue weighted by molar-refractivity contribution is 7.10. The number of aryl methyl sites for hydroxylation is 1. The van der Waals surface area contributed by atoms with Crippen molar-refractivity contribution < 1.29 is 5.11 Å². The van der Waals surface area contributed by atoms with E-state index in [2.05, 4.69) is 23.7 Å². The number of para-hydroxylation sites is 1. The first kappa shape index (κ1) is 11.2. The Morgan fingerprint density at radius 3 is 2.69 bits per heavy atom. The van der Waals surface area contributed by atoms with Gasteiger partial charge in [-0.1, -0.05) is 18.2 Å². The topological polar surface area (TPSA) is 32.3 Å². The van der Waals surface area contributed by atoms with Crippen LogP contribution in [0, 0.1) is 6.92 Å². The van der Waals surface area contributed by atoms with Crippen molar-refractivity contribution in [1.29, 1.82) is 0 Å². The summed E-state index contributed by atoms with van der Waals surface area (Å²) in [5, 5.41) is 15.0. The Morgan fingerprint density at radius 1 is 1.19 bits per heavy atom. The molecule has 0 radical (unpaired) electrons. The Morgan fingerprint density at radius 2 is 2.00 bits per heavy atom. The van der Waals surface area contributed by atoms with Gasteiger partial charge < -0.3 is 10.4 Å². The van der Waals surface area contributed by atoms with Gasteiger partial charge in [0, 0.05) is 23.5 Å². The summed E-state index contributed by atoms with van der Waals surface area (Å²) >= 11 is 1.76. The smallest absolute Gasteiger partial charge is 0.120 e. The summed E-state index contributed by atoms with van der Waals surface area (Å²) in [4.78, 5) is 1.36. The second-order valence-corrected chi connectivity index (χ2v) is 4.76. The van der Waals surface area contributed by atoms with Gasteiger partial charge in [-0.25, -0.2) is 0 Å². The van der Waals surface area contributed by atoms with E-state index in [4.69, 9.17) is 0 Å². The van der Waals surface area contributed by atoms with Gasteiger partial charge in [0.2, 0.25) is 0 Å². The monoisotopic (exact) mass is 233 g/mol. The lowest BCUT2D eigenvalue weighted by Crippen LogP contribution is -2.12. The second-order valence-electron chi connectivity index (χ2n) is 3.76. The second kappa shape index (κ2) is 5.14. The highest BCUT2D eigenvalue weighted by atomic mass is 32.1. The van der Waals surface area contributed by atoms with Crippen molar-refractivity contribution >= 4 is 11.3 Å². The van der Waals surface area contributed by atoms with Crippen molar-refractivity contribution in [1.82, 2.24) is 5.32 Å². The average Bonchev–Trinajstić information content (AvgIpc) is 2.67. The molecule has 0 saturated carbocycles. The van der Waals surface area contributed by atoms with Crippen molar-refractivity contribution in [2.75, 3.05) is 0 Å². The fraction of sp³-hybridized carbons (Fsp3) is 0.231. The first-order chi connectivity index (χ1) is 7.77. The first-order valence-corrected chi connectivity index (χ1v) is 6.16. The Balaban J connectivity index is 1.89. The number of phenolic OH excluding ortho intramolecular Hbond substituents is 1. The minimum atomic E-state index is 0.359. The van der Waals surface area contributed by atoms with Crippen LogP contribution in [0.25, 0.3) is 0 Å². The molecule has 0 amide bonds. The van der Waals surface area contributed by atoms with Crippen LogP contribution in [0.1, 0.15) is 16.0 Å². The lowest BCUT2D eigenvalue weighted by atomic mass is 10.2. The van der Waals surface area contributed by atoms with E-state index in [0.29, 0.717) is 12.3 Å². The number of hydrogen-bond acceptors (Lipinski definition) is 3. The van der Waals surface area contributed by atoms with Crippen LogP contribution < -0.4 is 5.32 Å². The highest BCUT2D eigenvalue weighted by Crippen LogP contribution is 2.17.